The van der Waals surface area contributed by atoms with E-state index in [9.17, 15) is 13.6 Å². The lowest BCUT2D eigenvalue weighted by Crippen LogP contribution is -2.07. The van der Waals surface area contributed by atoms with Gasteiger partial charge in [0.05, 0.1) is 11.3 Å². The summed E-state index contributed by atoms with van der Waals surface area (Å²) in [5.41, 5.74) is -0.719. The first kappa shape index (κ1) is 13.5. The molecule has 0 bridgehead atoms. The van der Waals surface area contributed by atoms with Gasteiger partial charge in [-0.25, -0.2) is 13.6 Å². The molecule has 19 heavy (non-hydrogen) atoms. The van der Waals surface area contributed by atoms with E-state index in [2.05, 4.69) is 5.32 Å². The topological polar surface area (TPSA) is 49.3 Å². The average molecular weight is 283 g/mol. The average Bonchev–Trinajstić information content (AvgIpc) is 2.76. The number of carbonyl (C=O) groups is 1. The number of nitrogens with one attached hydrogen (secondary N) is 1. The van der Waals surface area contributed by atoms with Crippen molar-refractivity contribution in [3.63, 3.8) is 0 Å². The van der Waals surface area contributed by atoms with Crippen LogP contribution < -0.4 is 5.32 Å². The van der Waals surface area contributed by atoms with E-state index in [1.54, 1.807) is 11.3 Å². The number of aryl methyl sites for hydroxylation is 1. The third-order valence-corrected chi connectivity index (χ3v) is 3.56. The van der Waals surface area contributed by atoms with Crippen molar-refractivity contribution < 1.29 is 18.7 Å². The van der Waals surface area contributed by atoms with Crippen molar-refractivity contribution in [2.24, 2.45) is 0 Å². The maximum absolute atomic E-state index is 13.6. The number of hydrogen-bond donors (Lipinski definition) is 2. The van der Waals surface area contributed by atoms with Crippen molar-refractivity contribution in [1.82, 2.24) is 0 Å². The molecule has 0 aliphatic rings. The Hall–Kier alpha value is -1.95. The van der Waals surface area contributed by atoms with Gasteiger partial charge in [0.15, 0.2) is 11.6 Å². The summed E-state index contributed by atoms with van der Waals surface area (Å²) in [6, 6.07) is 6.10. The maximum Gasteiger partial charge on any atom is 0.338 e. The zero-order valence-corrected chi connectivity index (χ0v) is 10.9. The Kier molecular flexibility index (Phi) is 3.80. The van der Waals surface area contributed by atoms with E-state index >= 15 is 0 Å². The van der Waals surface area contributed by atoms with E-state index in [-0.39, 0.29) is 5.69 Å². The molecule has 0 fully saturated rings. The number of benzene rings is 1. The van der Waals surface area contributed by atoms with Gasteiger partial charge in [0.2, 0.25) is 0 Å². The molecule has 0 aliphatic heterocycles. The van der Waals surface area contributed by atoms with Gasteiger partial charge in [-0.05, 0) is 31.2 Å². The molecule has 0 amide bonds. The van der Waals surface area contributed by atoms with E-state index in [0.29, 0.717) is 6.54 Å². The van der Waals surface area contributed by atoms with Crippen LogP contribution in [-0.4, -0.2) is 11.1 Å². The Bertz CT molecular complexity index is 625. The summed E-state index contributed by atoms with van der Waals surface area (Å²) in [7, 11) is 0. The van der Waals surface area contributed by atoms with Crippen molar-refractivity contribution in [2.75, 3.05) is 5.32 Å². The number of anilines is 1. The summed E-state index contributed by atoms with van der Waals surface area (Å²) in [6.45, 7) is 2.32. The molecule has 0 spiro atoms. The molecule has 1 heterocycles. The van der Waals surface area contributed by atoms with Gasteiger partial charge in [-0.3, -0.25) is 0 Å². The summed E-state index contributed by atoms with van der Waals surface area (Å²) >= 11 is 1.55. The van der Waals surface area contributed by atoms with E-state index in [4.69, 9.17) is 5.11 Å². The van der Waals surface area contributed by atoms with Crippen LogP contribution in [0.3, 0.4) is 0 Å². The zero-order valence-electron chi connectivity index (χ0n) is 10.0. The zero-order chi connectivity index (χ0) is 14.0. The molecule has 3 nitrogen and oxygen atoms in total. The number of thiophene rings is 1. The van der Waals surface area contributed by atoms with Gasteiger partial charge >= 0.3 is 5.97 Å². The largest absolute Gasteiger partial charge is 0.478 e. The lowest BCUT2D eigenvalue weighted by molar-refractivity contribution is 0.0690. The summed E-state index contributed by atoms with van der Waals surface area (Å²) in [5, 5.41) is 11.4. The highest BCUT2D eigenvalue weighted by Crippen LogP contribution is 2.22. The molecule has 2 N–H and O–H groups in total. The Balaban J connectivity index is 2.17. The Morgan fingerprint density at radius 1 is 1.26 bits per heavy atom. The molecule has 1 aromatic carbocycles. The predicted molar refractivity (Wildman–Crippen MR) is 69.7 cm³/mol. The number of halogens is 2. The van der Waals surface area contributed by atoms with E-state index in [1.165, 1.54) is 6.07 Å². The summed E-state index contributed by atoms with van der Waals surface area (Å²) in [6.07, 6.45) is 0. The molecule has 2 aromatic rings. The van der Waals surface area contributed by atoms with Crippen LogP contribution in [0.25, 0.3) is 0 Å². The van der Waals surface area contributed by atoms with Gasteiger partial charge in [-0.15, -0.1) is 11.3 Å². The molecule has 6 heteroatoms. The van der Waals surface area contributed by atoms with Gasteiger partial charge in [0.25, 0.3) is 0 Å². The third kappa shape index (κ3) is 2.90. The lowest BCUT2D eigenvalue weighted by Gasteiger charge is -2.08. The first-order chi connectivity index (χ1) is 8.99. The van der Waals surface area contributed by atoms with E-state index < -0.39 is 23.2 Å². The van der Waals surface area contributed by atoms with Crippen LogP contribution >= 0.6 is 11.3 Å². The number of carboxylic acid groups (broad SMARTS) is 1. The van der Waals surface area contributed by atoms with Gasteiger partial charge in [-0.1, -0.05) is 0 Å². The monoisotopic (exact) mass is 283 g/mol. The Morgan fingerprint density at radius 2 is 2.00 bits per heavy atom. The van der Waals surface area contributed by atoms with Crippen molar-refractivity contribution >= 4 is 23.0 Å². The van der Waals surface area contributed by atoms with Crippen LogP contribution in [0.15, 0.2) is 24.3 Å². The second-order valence-corrected chi connectivity index (χ2v) is 5.33. The van der Waals surface area contributed by atoms with Crippen molar-refractivity contribution in [3.8, 4) is 0 Å². The maximum atomic E-state index is 13.6. The lowest BCUT2D eigenvalue weighted by atomic mass is 10.2. The highest BCUT2D eigenvalue weighted by molar-refractivity contribution is 7.11. The molecule has 0 atom stereocenters. The normalized spacial score (nSPS) is 10.5. The number of aromatic carboxylic acids is 1. The third-order valence-electron chi connectivity index (χ3n) is 2.56. The number of hydrogen-bond acceptors (Lipinski definition) is 3. The molecule has 0 saturated carbocycles. The second kappa shape index (κ2) is 5.36. The van der Waals surface area contributed by atoms with Crippen LogP contribution in [0.4, 0.5) is 14.5 Å². The first-order valence-electron chi connectivity index (χ1n) is 5.49. The fourth-order valence-electron chi connectivity index (χ4n) is 1.61. The molecule has 0 unspecified atom stereocenters. The Labute approximate surface area is 112 Å². The Morgan fingerprint density at radius 3 is 2.58 bits per heavy atom. The van der Waals surface area contributed by atoms with Crippen LogP contribution in [0.2, 0.25) is 0 Å². The standard InChI is InChI=1S/C13H11F2NO2S/c1-7-2-3-8(19-7)6-16-10-5-4-9(13(17)18)11(14)12(10)15/h2-5,16H,6H2,1H3,(H,17,18). The van der Waals surface area contributed by atoms with Crippen molar-refractivity contribution in [1.29, 1.82) is 0 Å². The summed E-state index contributed by atoms with van der Waals surface area (Å²) in [5.74, 6) is -4.01. The predicted octanol–water partition coefficient (Wildman–Crippen LogP) is 3.65. The molecule has 0 aliphatic carbocycles. The van der Waals surface area contributed by atoms with Crippen molar-refractivity contribution in [3.05, 3.63) is 51.2 Å². The van der Waals surface area contributed by atoms with E-state index in [1.807, 2.05) is 19.1 Å². The summed E-state index contributed by atoms with van der Waals surface area (Å²) < 4.78 is 27.1. The van der Waals surface area contributed by atoms with Crippen LogP contribution in [0.1, 0.15) is 20.1 Å². The van der Waals surface area contributed by atoms with Crippen LogP contribution in [0.5, 0.6) is 0 Å². The highest BCUT2D eigenvalue weighted by atomic mass is 32.1. The molecule has 2 rings (SSSR count). The fraction of sp³-hybridized carbons (Fsp3) is 0.154. The quantitative estimate of drug-likeness (QED) is 0.900. The molecular formula is C13H11F2NO2S. The molecule has 100 valence electrons. The number of carboxylic acids is 1. The molecule has 0 saturated heterocycles. The fourth-order valence-corrected chi connectivity index (χ4v) is 2.44. The van der Waals surface area contributed by atoms with E-state index in [0.717, 1.165) is 15.8 Å². The minimum absolute atomic E-state index is 0.0476. The first-order valence-corrected chi connectivity index (χ1v) is 6.31. The van der Waals surface area contributed by atoms with Gasteiger partial charge < -0.3 is 10.4 Å². The number of rotatable bonds is 4. The highest BCUT2D eigenvalue weighted by Gasteiger charge is 2.17. The molecular weight excluding hydrogens is 272 g/mol. The van der Waals surface area contributed by atoms with Gasteiger partial charge in [0, 0.05) is 16.3 Å². The SMILES string of the molecule is Cc1ccc(CNc2ccc(C(=O)O)c(F)c2F)s1. The van der Waals surface area contributed by atoms with Gasteiger partial charge in [-0.2, -0.15) is 0 Å². The molecule has 0 radical (unpaired) electrons. The smallest absolute Gasteiger partial charge is 0.338 e. The van der Waals surface area contributed by atoms with Gasteiger partial charge in [0.1, 0.15) is 0 Å². The molecule has 1 aromatic heterocycles. The summed E-state index contributed by atoms with van der Waals surface area (Å²) in [4.78, 5) is 12.8. The van der Waals surface area contributed by atoms with Crippen LogP contribution in [0, 0.1) is 18.6 Å². The second-order valence-electron chi connectivity index (χ2n) is 3.96. The minimum Gasteiger partial charge on any atom is -0.478 e. The van der Waals surface area contributed by atoms with Crippen molar-refractivity contribution in [2.45, 2.75) is 13.5 Å². The van der Waals surface area contributed by atoms with Crippen LogP contribution in [-0.2, 0) is 6.54 Å². The minimum atomic E-state index is -1.49.